The van der Waals surface area contributed by atoms with Crippen LogP contribution in [0.4, 0.5) is 4.39 Å². The summed E-state index contributed by atoms with van der Waals surface area (Å²) in [5, 5.41) is 10.7. The molecule has 1 amide bonds. The van der Waals surface area contributed by atoms with Gasteiger partial charge in [-0.05, 0) is 20.0 Å². The van der Waals surface area contributed by atoms with E-state index in [9.17, 15) is 9.18 Å². The lowest BCUT2D eigenvalue weighted by Crippen LogP contribution is -2.36. The number of rotatable bonds is 7. The van der Waals surface area contributed by atoms with Gasteiger partial charge in [0.15, 0.2) is 0 Å². The lowest BCUT2D eigenvalue weighted by molar-refractivity contribution is -0.122. The van der Waals surface area contributed by atoms with E-state index in [0.717, 1.165) is 0 Å². The van der Waals surface area contributed by atoms with Crippen LogP contribution in [-0.4, -0.2) is 34.6 Å². The minimum Gasteiger partial charge on any atom is -0.423 e. The van der Waals surface area contributed by atoms with E-state index in [0.29, 0.717) is 23.9 Å². The van der Waals surface area contributed by atoms with E-state index in [2.05, 4.69) is 15.5 Å². The van der Waals surface area contributed by atoms with Crippen LogP contribution in [0.2, 0.25) is 0 Å². The molecule has 0 aliphatic carbocycles. The number of halogens is 1. The van der Waals surface area contributed by atoms with Crippen LogP contribution >= 0.6 is 0 Å². The van der Waals surface area contributed by atoms with Gasteiger partial charge in [-0.2, -0.15) is 0 Å². The Morgan fingerprint density at radius 3 is 2.54 bits per heavy atom. The van der Waals surface area contributed by atoms with Crippen molar-refractivity contribution in [3.8, 4) is 0 Å². The van der Waals surface area contributed by atoms with Crippen LogP contribution in [0.1, 0.15) is 50.1 Å². The van der Waals surface area contributed by atoms with Crippen molar-refractivity contribution in [3.05, 3.63) is 47.4 Å². The minimum absolute atomic E-state index is 0.140. The number of hydrogen-bond acceptors (Lipinski definition) is 5. The first kappa shape index (κ1) is 18.1. The molecule has 130 valence electrons. The molecule has 6 nitrogen and oxygen atoms in total. The Hall–Kier alpha value is -2.28. The number of aromatic nitrogens is 2. The van der Waals surface area contributed by atoms with E-state index >= 15 is 0 Å². The van der Waals surface area contributed by atoms with Crippen molar-refractivity contribution in [1.82, 2.24) is 20.4 Å². The number of nitrogens with one attached hydrogen (secondary N) is 1. The number of carbonyl (C=O) groups is 1. The second-order valence-electron chi connectivity index (χ2n) is 6.19. The third-order valence-electron chi connectivity index (χ3n) is 3.51. The van der Waals surface area contributed by atoms with E-state index < -0.39 is 0 Å². The molecule has 24 heavy (non-hydrogen) atoms. The fourth-order valence-electron chi connectivity index (χ4n) is 2.22. The van der Waals surface area contributed by atoms with E-state index in [-0.39, 0.29) is 30.2 Å². The van der Waals surface area contributed by atoms with Gasteiger partial charge in [0.25, 0.3) is 0 Å². The molecule has 0 aliphatic rings. The summed E-state index contributed by atoms with van der Waals surface area (Å²) in [7, 11) is 1.76. The summed E-state index contributed by atoms with van der Waals surface area (Å²) in [5.74, 6) is 0.600. The van der Waals surface area contributed by atoms with Gasteiger partial charge < -0.3 is 9.73 Å². The number of nitrogens with zero attached hydrogens (tertiary/aromatic N) is 3. The lowest BCUT2D eigenvalue weighted by atomic mass is 10.2. The van der Waals surface area contributed by atoms with Crippen LogP contribution in [-0.2, 0) is 11.3 Å². The van der Waals surface area contributed by atoms with Gasteiger partial charge in [-0.25, -0.2) is 4.39 Å². The minimum atomic E-state index is -0.376. The van der Waals surface area contributed by atoms with E-state index in [1.165, 1.54) is 6.07 Å². The summed E-state index contributed by atoms with van der Waals surface area (Å²) >= 11 is 0. The molecule has 7 heteroatoms. The molecule has 1 heterocycles. The molecule has 1 aromatic heterocycles. The molecule has 1 aromatic carbocycles. The Balaban J connectivity index is 1.86. The lowest BCUT2D eigenvalue weighted by Gasteiger charge is -2.18. The van der Waals surface area contributed by atoms with Crippen LogP contribution in [0, 0.1) is 5.82 Å². The summed E-state index contributed by atoms with van der Waals surface area (Å²) in [5.41, 5.74) is 0.555. The standard InChI is InChI=1S/C17H23FN4O2/c1-11(2)16-20-21-17(24-16)12(3)19-15(23)10-22(4)9-13-7-5-6-8-14(13)18/h5-8,11-12H,9-10H2,1-4H3,(H,19,23). The molecule has 0 aliphatic heterocycles. The Kier molecular flexibility index (Phi) is 6.03. The molecule has 1 unspecified atom stereocenters. The highest BCUT2D eigenvalue weighted by Crippen LogP contribution is 2.16. The smallest absolute Gasteiger partial charge is 0.238 e. The van der Waals surface area contributed by atoms with Crippen LogP contribution in [0.3, 0.4) is 0 Å². The van der Waals surface area contributed by atoms with Gasteiger partial charge in [0, 0.05) is 18.0 Å². The fraction of sp³-hybridized carbons (Fsp3) is 0.471. The van der Waals surface area contributed by atoms with E-state index in [1.807, 2.05) is 13.8 Å². The van der Waals surface area contributed by atoms with Gasteiger partial charge in [0.2, 0.25) is 17.7 Å². The molecule has 1 atom stereocenters. The first-order chi connectivity index (χ1) is 11.4. The monoisotopic (exact) mass is 334 g/mol. The van der Waals surface area contributed by atoms with Crippen molar-refractivity contribution >= 4 is 5.91 Å². The summed E-state index contributed by atoms with van der Waals surface area (Å²) in [6.45, 7) is 6.19. The number of likely N-dealkylation sites (N-methyl/N-ethyl adjacent to an activating group) is 1. The van der Waals surface area contributed by atoms with Crippen molar-refractivity contribution in [1.29, 1.82) is 0 Å². The molecule has 1 N–H and O–H groups in total. The molecule has 0 fully saturated rings. The highest BCUT2D eigenvalue weighted by Gasteiger charge is 2.18. The van der Waals surface area contributed by atoms with Gasteiger partial charge in [-0.3, -0.25) is 9.69 Å². The van der Waals surface area contributed by atoms with Gasteiger partial charge in [-0.1, -0.05) is 32.0 Å². The molecule has 2 aromatic rings. The topological polar surface area (TPSA) is 71.3 Å². The van der Waals surface area contributed by atoms with E-state index in [1.54, 1.807) is 37.1 Å². The highest BCUT2D eigenvalue weighted by atomic mass is 19.1. The maximum Gasteiger partial charge on any atom is 0.238 e. The van der Waals surface area contributed by atoms with E-state index in [4.69, 9.17) is 4.42 Å². The van der Waals surface area contributed by atoms with Crippen LogP contribution in [0.15, 0.2) is 28.7 Å². The molecule has 0 spiro atoms. The van der Waals surface area contributed by atoms with Crippen molar-refractivity contribution in [3.63, 3.8) is 0 Å². The fourth-order valence-corrected chi connectivity index (χ4v) is 2.22. The Labute approximate surface area is 141 Å². The summed E-state index contributed by atoms with van der Waals surface area (Å²) < 4.78 is 19.2. The summed E-state index contributed by atoms with van der Waals surface area (Å²) in [6.07, 6.45) is 0. The number of benzene rings is 1. The van der Waals surface area contributed by atoms with Crippen molar-refractivity contribution < 1.29 is 13.6 Å². The predicted octanol–water partition coefficient (Wildman–Crippen LogP) is 2.64. The molecular weight excluding hydrogens is 311 g/mol. The zero-order chi connectivity index (χ0) is 17.7. The molecular formula is C17H23FN4O2. The van der Waals surface area contributed by atoms with Gasteiger partial charge >= 0.3 is 0 Å². The average molecular weight is 334 g/mol. The summed E-state index contributed by atoms with van der Waals surface area (Å²) in [6, 6.07) is 6.16. The second kappa shape index (κ2) is 8.01. The Morgan fingerprint density at radius 2 is 1.92 bits per heavy atom. The number of hydrogen-bond donors (Lipinski definition) is 1. The van der Waals surface area contributed by atoms with Gasteiger partial charge in [-0.15, -0.1) is 10.2 Å². The zero-order valence-electron chi connectivity index (χ0n) is 14.4. The number of amides is 1. The third-order valence-corrected chi connectivity index (χ3v) is 3.51. The number of carbonyl (C=O) groups excluding carboxylic acids is 1. The van der Waals surface area contributed by atoms with Gasteiger partial charge in [0.05, 0.1) is 6.54 Å². The maximum atomic E-state index is 13.6. The molecule has 2 rings (SSSR count). The average Bonchev–Trinajstić information content (AvgIpc) is 2.99. The summed E-state index contributed by atoms with van der Waals surface area (Å²) in [4.78, 5) is 13.9. The quantitative estimate of drug-likeness (QED) is 0.843. The van der Waals surface area contributed by atoms with Gasteiger partial charge in [0.1, 0.15) is 11.9 Å². The van der Waals surface area contributed by atoms with Crippen molar-refractivity contribution in [2.45, 2.75) is 39.3 Å². The maximum absolute atomic E-state index is 13.6. The largest absolute Gasteiger partial charge is 0.423 e. The normalized spacial score (nSPS) is 12.6. The van der Waals surface area contributed by atoms with Crippen LogP contribution in [0.25, 0.3) is 0 Å². The van der Waals surface area contributed by atoms with Crippen molar-refractivity contribution in [2.24, 2.45) is 0 Å². The molecule has 0 saturated carbocycles. The first-order valence-corrected chi connectivity index (χ1v) is 7.91. The Morgan fingerprint density at radius 1 is 1.25 bits per heavy atom. The molecule has 0 radical (unpaired) electrons. The molecule has 0 bridgehead atoms. The second-order valence-corrected chi connectivity index (χ2v) is 6.19. The van der Waals surface area contributed by atoms with Crippen LogP contribution in [0.5, 0.6) is 0 Å². The zero-order valence-corrected chi connectivity index (χ0v) is 14.4. The molecule has 0 saturated heterocycles. The SMILES string of the molecule is CC(C)c1nnc(C(C)NC(=O)CN(C)Cc2ccccc2F)o1. The Bertz CT molecular complexity index is 687. The predicted molar refractivity (Wildman–Crippen MR) is 87.7 cm³/mol. The third kappa shape index (κ3) is 4.86. The van der Waals surface area contributed by atoms with Crippen molar-refractivity contribution in [2.75, 3.05) is 13.6 Å². The first-order valence-electron chi connectivity index (χ1n) is 7.91. The highest BCUT2D eigenvalue weighted by molar-refractivity contribution is 5.78. The van der Waals surface area contributed by atoms with Crippen LogP contribution < -0.4 is 5.32 Å².